The normalized spacial score (nSPS) is 11.2. The third-order valence-electron chi connectivity index (χ3n) is 2.48. The van der Waals surface area contributed by atoms with Crippen LogP contribution in [0.3, 0.4) is 0 Å². The van der Waals surface area contributed by atoms with Crippen molar-refractivity contribution >= 4 is 49.5 Å². The summed E-state index contributed by atoms with van der Waals surface area (Å²) in [5.74, 6) is 0.509. The van der Waals surface area contributed by atoms with Crippen LogP contribution in [-0.4, -0.2) is 48.3 Å². The Morgan fingerprint density at radius 1 is 0.882 bits per heavy atom. The third-order valence-corrected chi connectivity index (χ3v) is 4.63. The van der Waals surface area contributed by atoms with Gasteiger partial charge in [0.15, 0.2) is 0 Å². The molecule has 0 heterocycles. The SMILES string of the molecule is CCCCCCCCCCCSS(=O)(=O)O.[NaH]. The molecule has 0 fully saturated rings. The molecule has 100 valence electrons. The molecule has 0 saturated carbocycles. The van der Waals surface area contributed by atoms with Gasteiger partial charge in [-0.3, -0.25) is 4.55 Å². The van der Waals surface area contributed by atoms with Crippen molar-refractivity contribution in [3.05, 3.63) is 0 Å². The molecule has 0 amide bonds. The third kappa shape index (κ3) is 19.8. The summed E-state index contributed by atoms with van der Waals surface area (Å²) in [5, 5.41) is 0. The van der Waals surface area contributed by atoms with Gasteiger partial charge in [0, 0.05) is 5.75 Å². The Balaban J connectivity index is 0. The molecule has 0 aliphatic carbocycles. The van der Waals surface area contributed by atoms with Gasteiger partial charge in [0.25, 0.3) is 0 Å². The van der Waals surface area contributed by atoms with E-state index in [1.54, 1.807) is 0 Å². The molecule has 0 aromatic heterocycles. The molecule has 0 saturated heterocycles. The molecule has 3 nitrogen and oxygen atoms in total. The van der Waals surface area contributed by atoms with Crippen molar-refractivity contribution in [2.75, 3.05) is 5.75 Å². The molecule has 0 radical (unpaired) electrons. The number of rotatable bonds is 11. The first-order valence-electron chi connectivity index (χ1n) is 6.18. The summed E-state index contributed by atoms with van der Waals surface area (Å²) >= 11 is 0. The van der Waals surface area contributed by atoms with Gasteiger partial charge < -0.3 is 0 Å². The first-order valence-corrected chi connectivity index (χ1v) is 9.12. The van der Waals surface area contributed by atoms with Gasteiger partial charge in [0.05, 0.1) is 0 Å². The quantitative estimate of drug-likeness (QED) is 0.274. The van der Waals surface area contributed by atoms with Gasteiger partial charge >= 0.3 is 38.7 Å². The maximum atomic E-state index is 10.4. The zero-order valence-corrected chi connectivity index (χ0v) is 11.8. The van der Waals surface area contributed by atoms with Gasteiger partial charge in [-0.2, -0.15) is 8.42 Å². The van der Waals surface area contributed by atoms with Crippen molar-refractivity contribution in [2.24, 2.45) is 0 Å². The van der Waals surface area contributed by atoms with Crippen LogP contribution in [0.5, 0.6) is 0 Å². The van der Waals surface area contributed by atoms with E-state index >= 15 is 0 Å². The zero-order valence-electron chi connectivity index (χ0n) is 10.2. The second-order valence-electron chi connectivity index (χ2n) is 4.08. The van der Waals surface area contributed by atoms with E-state index in [9.17, 15) is 8.42 Å². The fraction of sp³-hybridized carbons (Fsp3) is 1.00. The molecule has 0 unspecified atom stereocenters. The van der Waals surface area contributed by atoms with E-state index in [0.29, 0.717) is 16.5 Å². The predicted octanol–water partition coefficient (Wildman–Crippen LogP) is 3.40. The fourth-order valence-electron chi connectivity index (χ4n) is 1.58. The average molecular weight is 292 g/mol. The summed E-state index contributed by atoms with van der Waals surface area (Å²) in [6.45, 7) is 2.22. The molecule has 0 rings (SSSR count). The topological polar surface area (TPSA) is 54.4 Å². The Morgan fingerprint density at radius 3 is 1.71 bits per heavy atom. The van der Waals surface area contributed by atoms with Gasteiger partial charge in [-0.15, -0.1) is 0 Å². The van der Waals surface area contributed by atoms with Crippen LogP contribution < -0.4 is 0 Å². The van der Waals surface area contributed by atoms with Crippen LogP contribution in [0.2, 0.25) is 0 Å². The van der Waals surface area contributed by atoms with Gasteiger partial charge in [0.2, 0.25) is 0 Å². The second-order valence-corrected chi connectivity index (χ2v) is 7.55. The van der Waals surface area contributed by atoms with Crippen molar-refractivity contribution in [1.82, 2.24) is 0 Å². The van der Waals surface area contributed by atoms with Gasteiger partial charge in [-0.1, -0.05) is 58.3 Å². The molecule has 1 N–H and O–H groups in total. The van der Waals surface area contributed by atoms with Gasteiger partial charge in [0.1, 0.15) is 0 Å². The molecule has 0 aromatic rings. The average Bonchev–Trinajstić information content (AvgIpc) is 2.19. The number of unbranched alkanes of at least 4 members (excludes halogenated alkanes) is 8. The molecule has 0 aliphatic rings. The first kappa shape index (κ1) is 20.6. The summed E-state index contributed by atoms with van der Waals surface area (Å²) in [5.41, 5.74) is 0. The van der Waals surface area contributed by atoms with Gasteiger partial charge in [-0.25, -0.2) is 0 Å². The standard InChI is InChI=1S/C11H24O3S2.Na.H/c1-2-3-4-5-6-7-8-9-10-11-15-16(12,13)14;;/h2-11H2,1H3,(H,12,13,14);;. The molecule has 17 heavy (non-hydrogen) atoms. The molecular weight excluding hydrogens is 267 g/mol. The van der Waals surface area contributed by atoms with Crippen molar-refractivity contribution in [3.63, 3.8) is 0 Å². The summed E-state index contributed by atoms with van der Waals surface area (Å²) in [7, 11) is -3.18. The molecule has 0 bridgehead atoms. The molecule has 6 heteroatoms. The number of hydrogen-bond donors (Lipinski definition) is 1. The molecular formula is C11H25NaO3S2. The molecule has 0 spiro atoms. The molecule has 0 atom stereocenters. The van der Waals surface area contributed by atoms with E-state index in [-0.39, 0.29) is 29.6 Å². The van der Waals surface area contributed by atoms with E-state index in [4.69, 9.17) is 4.55 Å². The van der Waals surface area contributed by atoms with Crippen molar-refractivity contribution in [1.29, 1.82) is 0 Å². The first-order chi connectivity index (χ1) is 7.56. The van der Waals surface area contributed by atoms with Crippen LogP contribution in [0.15, 0.2) is 0 Å². The predicted molar refractivity (Wildman–Crippen MR) is 78.4 cm³/mol. The van der Waals surface area contributed by atoms with E-state index in [1.807, 2.05) is 0 Å². The van der Waals surface area contributed by atoms with E-state index in [1.165, 1.54) is 44.9 Å². The minimum absolute atomic E-state index is 0. The fourth-order valence-corrected chi connectivity index (χ4v) is 3.09. The Hall–Kier alpha value is 1.26. The van der Waals surface area contributed by atoms with Crippen LogP contribution in [-0.2, 0) is 9.15 Å². The van der Waals surface area contributed by atoms with Crippen molar-refractivity contribution in [2.45, 2.75) is 64.7 Å². The minimum atomic E-state index is -3.82. The summed E-state index contributed by atoms with van der Waals surface area (Å²) in [6.07, 6.45) is 11.0. The Kier molecular flexibility index (Phi) is 16.6. The summed E-state index contributed by atoms with van der Waals surface area (Å²) in [6, 6.07) is 0. The second kappa shape index (κ2) is 13.7. The van der Waals surface area contributed by atoms with Crippen LogP contribution in [0.25, 0.3) is 0 Å². The van der Waals surface area contributed by atoms with Gasteiger partial charge in [-0.05, 0) is 17.2 Å². The Bertz CT molecular complexity index is 243. The van der Waals surface area contributed by atoms with E-state index in [0.717, 1.165) is 12.8 Å². The monoisotopic (exact) mass is 292 g/mol. The zero-order chi connectivity index (χ0) is 12.3. The van der Waals surface area contributed by atoms with E-state index < -0.39 is 9.15 Å². The Labute approximate surface area is 132 Å². The van der Waals surface area contributed by atoms with E-state index in [2.05, 4.69) is 6.92 Å². The summed E-state index contributed by atoms with van der Waals surface area (Å²) < 4.78 is 29.2. The molecule has 0 aromatic carbocycles. The maximum absolute atomic E-state index is 10.4. The van der Waals surface area contributed by atoms with Crippen LogP contribution in [0.1, 0.15) is 64.7 Å². The Morgan fingerprint density at radius 2 is 1.29 bits per heavy atom. The van der Waals surface area contributed by atoms with Crippen LogP contribution in [0, 0.1) is 0 Å². The summed E-state index contributed by atoms with van der Waals surface area (Å²) in [4.78, 5) is 0. The van der Waals surface area contributed by atoms with Crippen molar-refractivity contribution < 1.29 is 13.0 Å². The van der Waals surface area contributed by atoms with Crippen molar-refractivity contribution in [3.8, 4) is 0 Å². The van der Waals surface area contributed by atoms with Crippen LogP contribution >= 0.6 is 10.8 Å². The van der Waals surface area contributed by atoms with Crippen LogP contribution in [0.4, 0.5) is 0 Å². The number of hydrogen-bond acceptors (Lipinski definition) is 3. The molecule has 0 aliphatic heterocycles.